The molecule has 1 aromatic heterocycles. The number of carbonyl (C=O) groups is 2. The fourth-order valence-corrected chi connectivity index (χ4v) is 4.91. The summed E-state index contributed by atoms with van der Waals surface area (Å²) in [7, 11) is 2.62. The Bertz CT molecular complexity index is 1640. The van der Waals surface area contributed by atoms with Gasteiger partial charge in [0.2, 0.25) is 0 Å². The number of rotatable bonds is 10. The summed E-state index contributed by atoms with van der Waals surface area (Å²) in [4.78, 5) is 25.2. The van der Waals surface area contributed by atoms with Crippen molar-refractivity contribution in [2.24, 2.45) is 11.8 Å². The number of hydrogen-bond donors (Lipinski definition) is 2. The van der Waals surface area contributed by atoms with Crippen molar-refractivity contribution in [3.8, 4) is 17.2 Å². The molecule has 42 heavy (non-hydrogen) atoms. The average molecular weight is 603 g/mol. The highest BCUT2D eigenvalue weighted by molar-refractivity contribution is 6.30. The van der Waals surface area contributed by atoms with Gasteiger partial charge in [-0.1, -0.05) is 23.7 Å². The van der Waals surface area contributed by atoms with Gasteiger partial charge in [0.1, 0.15) is 23.3 Å². The third-order valence-corrected chi connectivity index (χ3v) is 7.39. The lowest BCUT2D eigenvalue weighted by atomic mass is 10.0. The topological polar surface area (TPSA) is 99.0 Å². The fraction of sp³-hybridized carbons (Fsp3) is 0.267. The van der Waals surface area contributed by atoms with Crippen LogP contribution < -0.4 is 19.5 Å². The zero-order valence-electron chi connectivity index (χ0n) is 22.4. The van der Waals surface area contributed by atoms with Gasteiger partial charge in [0.05, 0.1) is 37.8 Å². The number of aromatic nitrogens is 1. The van der Waals surface area contributed by atoms with Crippen molar-refractivity contribution in [3.05, 3.63) is 83.0 Å². The van der Waals surface area contributed by atoms with Crippen molar-refractivity contribution in [2.45, 2.75) is 18.6 Å². The van der Waals surface area contributed by atoms with Gasteiger partial charge in [0, 0.05) is 46.4 Å². The highest BCUT2D eigenvalue weighted by Gasteiger charge is 2.43. The van der Waals surface area contributed by atoms with E-state index in [-0.39, 0.29) is 23.8 Å². The van der Waals surface area contributed by atoms with Crippen molar-refractivity contribution < 1.29 is 42.1 Å². The van der Waals surface area contributed by atoms with Gasteiger partial charge in [0.15, 0.2) is 0 Å². The molecule has 1 aliphatic rings. The molecule has 3 atom stereocenters. The number of benzene rings is 3. The minimum Gasteiger partial charge on any atom is -0.497 e. The summed E-state index contributed by atoms with van der Waals surface area (Å²) in [5, 5.41) is 13.2. The van der Waals surface area contributed by atoms with Gasteiger partial charge in [-0.15, -0.1) is 0 Å². The maximum Gasteiger partial charge on any atom is 0.420 e. The molecule has 0 spiro atoms. The summed E-state index contributed by atoms with van der Waals surface area (Å²) in [5.41, 5.74) is -0.0154. The van der Waals surface area contributed by atoms with Crippen LogP contribution in [0.4, 0.5) is 18.9 Å². The monoisotopic (exact) mass is 602 g/mol. The third kappa shape index (κ3) is 6.11. The number of nitrogens with one attached hydrogen (secondary N) is 1. The SMILES string of the molecule is COc1cc(NC(C(=O)n2ccc3cc(OC)c(C(F)(F)F)cc32)c2ccc(Cl)cc2)cc(OC[C@@H]2C[C@H]2C(=O)O)c1. The van der Waals surface area contributed by atoms with E-state index in [1.54, 1.807) is 42.5 Å². The molecule has 2 N–H and O–H groups in total. The van der Waals surface area contributed by atoms with Crippen LogP contribution in [0.3, 0.4) is 0 Å². The molecule has 1 heterocycles. The van der Waals surface area contributed by atoms with E-state index < -0.39 is 35.6 Å². The quantitative estimate of drug-likeness (QED) is 0.203. The van der Waals surface area contributed by atoms with Gasteiger partial charge in [0.25, 0.3) is 5.91 Å². The Morgan fingerprint density at radius 2 is 1.76 bits per heavy atom. The van der Waals surface area contributed by atoms with Crippen LogP contribution in [0, 0.1) is 11.8 Å². The first kappa shape index (κ1) is 29.1. The van der Waals surface area contributed by atoms with Crippen molar-refractivity contribution in [3.63, 3.8) is 0 Å². The minimum atomic E-state index is -4.70. The third-order valence-electron chi connectivity index (χ3n) is 7.14. The first-order valence-electron chi connectivity index (χ1n) is 12.9. The first-order valence-corrected chi connectivity index (χ1v) is 13.2. The summed E-state index contributed by atoms with van der Waals surface area (Å²) >= 11 is 6.08. The molecule has 4 aromatic rings. The van der Waals surface area contributed by atoms with E-state index in [2.05, 4.69) is 5.32 Å². The molecular formula is C30H26ClF3N2O6. The van der Waals surface area contributed by atoms with Crippen molar-refractivity contribution >= 4 is 40.1 Å². The summed E-state index contributed by atoms with van der Waals surface area (Å²) in [6, 6.07) is 14.0. The van der Waals surface area contributed by atoms with E-state index in [0.29, 0.717) is 39.6 Å². The first-order chi connectivity index (χ1) is 20.0. The number of halogens is 4. The van der Waals surface area contributed by atoms with E-state index in [1.165, 1.54) is 25.4 Å². The van der Waals surface area contributed by atoms with E-state index in [9.17, 15) is 22.8 Å². The van der Waals surface area contributed by atoms with Gasteiger partial charge in [-0.05, 0) is 42.3 Å². The average Bonchev–Trinajstić information content (AvgIpc) is 3.64. The van der Waals surface area contributed by atoms with E-state index in [0.717, 1.165) is 17.7 Å². The zero-order chi connectivity index (χ0) is 30.2. The second-order valence-corrected chi connectivity index (χ2v) is 10.3. The lowest BCUT2D eigenvalue weighted by molar-refractivity contribution is -0.139. The molecule has 1 aliphatic carbocycles. The lowest BCUT2D eigenvalue weighted by Crippen LogP contribution is -2.26. The highest BCUT2D eigenvalue weighted by atomic mass is 35.5. The number of carbonyl (C=O) groups excluding carboxylic acids is 1. The Morgan fingerprint density at radius 3 is 2.38 bits per heavy atom. The Morgan fingerprint density at radius 1 is 1.05 bits per heavy atom. The Hall–Kier alpha value is -4.38. The molecule has 220 valence electrons. The van der Waals surface area contributed by atoms with E-state index >= 15 is 0 Å². The van der Waals surface area contributed by atoms with Crippen LogP contribution in [-0.4, -0.2) is 42.4 Å². The largest absolute Gasteiger partial charge is 0.497 e. The van der Waals surface area contributed by atoms with Gasteiger partial charge in [-0.3, -0.25) is 14.2 Å². The Kier molecular flexibility index (Phi) is 7.96. The van der Waals surface area contributed by atoms with Crippen molar-refractivity contribution in [1.82, 2.24) is 4.57 Å². The van der Waals surface area contributed by atoms with Crippen LogP contribution in [0.1, 0.15) is 28.4 Å². The fourth-order valence-electron chi connectivity index (χ4n) is 4.79. The number of carboxylic acid groups (broad SMARTS) is 1. The highest BCUT2D eigenvalue weighted by Crippen LogP contribution is 2.41. The number of fused-ring (bicyclic) bond motifs is 1. The molecule has 0 radical (unpaired) electrons. The van der Waals surface area contributed by atoms with Crippen LogP contribution in [0.5, 0.6) is 17.2 Å². The summed E-state index contributed by atoms with van der Waals surface area (Å²) in [6.45, 7) is 0.198. The maximum atomic E-state index is 14.0. The molecule has 0 bridgehead atoms. The molecule has 8 nitrogen and oxygen atoms in total. The standard InChI is InChI=1S/C30H26ClF3N2O6/c1-40-21-11-20(12-22(13-21)42-15-18-9-23(18)29(38)39)35-27(16-3-5-19(31)6-4-16)28(37)36-8-7-17-10-26(41-2)24(14-25(17)36)30(32,33)34/h3-8,10-14,18,23,27,35H,9,15H2,1-2H3,(H,38,39)/t18-,23+,27?/m0/s1. The zero-order valence-corrected chi connectivity index (χ0v) is 23.2. The Labute approximate surface area is 243 Å². The predicted molar refractivity (Wildman–Crippen MR) is 150 cm³/mol. The second-order valence-electron chi connectivity index (χ2n) is 9.91. The smallest absolute Gasteiger partial charge is 0.420 e. The molecule has 1 fully saturated rings. The summed E-state index contributed by atoms with van der Waals surface area (Å²) < 4.78 is 58.7. The van der Waals surface area contributed by atoms with Gasteiger partial charge in [-0.2, -0.15) is 13.2 Å². The number of ether oxygens (including phenoxy) is 3. The van der Waals surface area contributed by atoms with E-state index in [1.807, 2.05) is 0 Å². The maximum absolute atomic E-state index is 14.0. The summed E-state index contributed by atoms with van der Waals surface area (Å²) in [6.07, 6.45) is -2.76. The number of methoxy groups -OCH3 is 2. The number of aliphatic carboxylic acids is 1. The lowest BCUT2D eigenvalue weighted by Gasteiger charge is -2.22. The number of carboxylic acids is 1. The Balaban J connectivity index is 1.50. The summed E-state index contributed by atoms with van der Waals surface area (Å²) in [5.74, 6) is -1.50. The van der Waals surface area contributed by atoms with Crippen LogP contribution in [-0.2, 0) is 11.0 Å². The minimum absolute atomic E-state index is 0.0565. The van der Waals surface area contributed by atoms with Crippen LogP contribution in [0.2, 0.25) is 5.02 Å². The molecule has 12 heteroatoms. The van der Waals surface area contributed by atoms with Gasteiger partial charge < -0.3 is 24.6 Å². The normalized spacial score (nSPS) is 17.0. The number of anilines is 1. The van der Waals surface area contributed by atoms with Crippen molar-refractivity contribution in [2.75, 3.05) is 26.1 Å². The molecule has 1 unspecified atom stereocenters. The molecule has 0 saturated heterocycles. The van der Waals surface area contributed by atoms with Crippen LogP contribution in [0.15, 0.2) is 66.9 Å². The molecule has 5 rings (SSSR count). The molecular weight excluding hydrogens is 577 g/mol. The van der Waals surface area contributed by atoms with Gasteiger partial charge >= 0.3 is 12.1 Å². The molecule has 1 saturated carbocycles. The molecule has 0 amide bonds. The van der Waals surface area contributed by atoms with E-state index in [4.69, 9.17) is 30.9 Å². The predicted octanol–water partition coefficient (Wildman–Crippen LogP) is 6.92. The number of hydrogen-bond acceptors (Lipinski definition) is 6. The molecule has 0 aliphatic heterocycles. The van der Waals surface area contributed by atoms with Crippen LogP contribution in [0.25, 0.3) is 10.9 Å². The molecule has 3 aromatic carbocycles. The van der Waals surface area contributed by atoms with Gasteiger partial charge in [-0.25, -0.2) is 0 Å². The second kappa shape index (κ2) is 11.5. The number of nitrogens with zero attached hydrogens (tertiary/aromatic N) is 1. The van der Waals surface area contributed by atoms with Crippen LogP contribution >= 0.6 is 11.6 Å². The number of alkyl halides is 3. The van der Waals surface area contributed by atoms with Crippen molar-refractivity contribution in [1.29, 1.82) is 0 Å².